The molecule has 1 fully saturated rings. The Hall–Kier alpha value is -4.39. The second-order valence-corrected chi connectivity index (χ2v) is 7.50. The quantitative estimate of drug-likeness (QED) is 0.388. The topological polar surface area (TPSA) is 84.6 Å². The molecular formula is C25H19N3O4. The first-order chi connectivity index (χ1) is 15.6. The Labute approximate surface area is 183 Å². The summed E-state index contributed by atoms with van der Waals surface area (Å²) in [7, 11) is 0. The molecule has 1 aliphatic rings. The van der Waals surface area contributed by atoms with Crippen LogP contribution in [0.25, 0.3) is 17.0 Å². The van der Waals surface area contributed by atoms with E-state index in [0.29, 0.717) is 12.3 Å². The van der Waals surface area contributed by atoms with Crippen LogP contribution >= 0.6 is 0 Å². The minimum Gasteiger partial charge on any atom is -0.467 e. The maximum absolute atomic E-state index is 13.0. The summed E-state index contributed by atoms with van der Waals surface area (Å²) < 4.78 is 7.33. The number of carbonyl (C=O) groups excluding carboxylic acids is 3. The average molecular weight is 425 g/mol. The fraction of sp³-hybridized carbons (Fsp3) is 0.0800. The zero-order chi connectivity index (χ0) is 22.1. The SMILES string of the molecule is O=C1NC(=O)N(Cc2ccco2)C(=O)/C1=C\c1cn(Cc2ccccc2)c2ccccc12. The molecule has 7 nitrogen and oxygen atoms in total. The number of hydrogen-bond donors (Lipinski definition) is 1. The van der Waals surface area contributed by atoms with Gasteiger partial charge in [0.2, 0.25) is 0 Å². The number of benzene rings is 2. The number of amides is 4. The van der Waals surface area contributed by atoms with Crippen LogP contribution in [0, 0.1) is 0 Å². The first-order valence-corrected chi connectivity index (χ1v) is 10.1. The van der Waals surface area contributed by atoms with E-state index in [1.165, 1.54) is 6.26 Å². The van der Waals surface area contributed by atoms with Crippen LogP contribution in [0.4, 0.5) is 4.79 Å². The summed E-state index contributed by atoms with van der Waals surface area (Å²) in [6, 6.07) is 20.4. The van der Waals surface area contributed by atoms with Gasteiger partial charge in [-0.15, -0.1) is 0 Å². The minimum absolute atomic E-state index is 0.0575. The van der Waals surface area contributed by atoms with Crippen molar-refractivity contribution < 1.29 is 18.8 Å². The summed E-state index contributed by atoms with van der Waals surface area (Å²) in [6.07, 6.45) is 4.92. The van der Waals surface area contributed by atoms with Crippen molar-refractivity contribution in [3.8, 4) is 0 Å². The van der Waals surface area contributed by atoms with E-state index in [1.807, 2.05) is 60.8 Å². The summed E-state index contributed by atoms with van der Waals surface area (Å²) in [5.41, 5.74) is 2.74. The first kappa shape index (κ1) is 19.6. The lowest BCUT2D eigenvalue weighted by Gasteiger charge is -2.25. The highest BCUT2D eigenvalue weighted by Gasteiger charge is 2.36. The van der Waals surface area contributed by atoms with Crippen LogP contribution in [0.3, 0.4) is 0 Å². The van der Waals surface area contributed by atoms with Gasteiger partial charge in [0.25, 0.3) is 11.8 Å². The van der Waals surface area contributed by atoms with Crippen molar-refractivity contribution in [2.45, 2.75) is 13.1 Å². The number of furan rings is 1. The average Bonchev–Trinajstić information content (AvgIpc) is 3.43. The number of nitrogens with zero attached hydrogens (tertiary/aromatic N) is 2. The molecule has 4 aromatic rings. The number of hydrogen-bond acceptors (Lipinski definition) is 4. The van der Waals surface area contributed by atoms with Crippen LogP contribution in [0.1, 0.15) is 16.9 Å². The summed E-state index contributed by atoms with van der Waals surface area (Å²) in [5, 5.41) is 3.16. The highest BCUT2D eigenvalue weighted by Crippen LogP contribution is 2.26. The van der Waals surface area contributed by atoms with E-state index in [1.54, 1.807) is 18.2 Å². The van der Waals surface area contributed by atoms with Gasteiger partial charge in [-0.05, 0) is 29.8 Å². The lowest BCUT2D eigenvalue weighted by atomic mass is 10.1. The van der Waals surface area contributed by atoms with Gasteiger partial charge < -0.3 is 8.98 Å². The normalized spacial score (nSPS) is 15.6. The number of urea groups is 1. The van der Waals surface area contributed by atoms with Crippen LogP contribution in [0.5, 0.6) is 0 Å². The van der Waals surface area contributed by atoms with Crippen LogP contribution in [-0.2, 0) is 22.7 Å². The number of aromatic nitrogens is 1. The van der Waals surface area contributed by atoms with Gasteiger partial charge in [0.1, 0.15) is 11.3 Å². The highest BCUT2D eigenvalue weighted by molar-refractivity contribution is 6.31. The van der Waals surface area contributed by atoms with Crippen LogP contribution in [0.15, 0.2) is 89.2 Å². The molecule has 5 rings (SSSR count). The Morgan fingerprint density at radius 2 is 1.66 bits per heavy atom. The summed E-state index contributed by atoms with van der Waals surface area (Å²) in [5.74, 6) is -0.924. The molecule has 1 saturated heterocycles. The minimum atomic E-state index is -0.764. The molecular weight excluding hydrogens is 406 g/mol. The zero-order valence-electron chi connectivity index (χ0n) is 17.0. The van der Waals surface area contributed by atoms with Crippen molar-refractivity contribution in [3.63, 3.8) is 0 Å². The molecule has 0 bridgehead atoms. The van der Waals surface area contributed by atoms with E-state index in [0.717, 1.165) is 26.9 Å². The largest absolute Gasteiger partial charge is 0.467 e. The van der Waals surface area contributed by atoms with Crippen molar-refractivity contribution in [3.05, 3.63) is 102 Å². The maximum Gasteiger partial charge on any atom is 0.331 e. The van der Waals surface area contributed by atoms with E-state index in [9.17, 15) is 14.4 Å². The lowest BCUT2D eigenvalue weighted by Crippen LogP contribution is -2.53. The highest BCUT2D eigenvalue weighted by atomic mass is 16.3. The Bertz CT molecular complexity index is 1350. The second-order valence-electron chi connectivity index (χ2n) is 7.50. The number of fused-ring (bicyclic) bond motifs is 1. The predicted molar refractivity (Wildman–Crippen MR) is 118 cm³/mol. The number of rotatable bonds is 5. The van der Waals surface area contributed by atoms with Gasteiger partial charge in [-0.2, -0.15) is 0 Å². The van der Waals surface area contributed by atoms with Gasteiger partial charge in [-0.25, -0.2) is 4.79 Å². The molecule has 3 heterocycles. The predicted octanol–water partition coefficient (Wildman–Crippen LogP) is 3.94. The summed E-state index contributed by atoms with van der Waals surface area (Å²) in [6.45, 7) is 0.589. The number of nitrogens with one attached hydrogen (secondary N) is 1. The number of imide groups is 2. The number of barbiturate groups is 1. The maximum atomic E-state index is 13.0. The third kappa shape index (κ3) is 3.60. The van der Waals surface area contributed by atoms with Crippen LogP contribution in [0.2, 0.25) is 0 Å². The molecule has 0 radical (unpaired) electrons. The molecule has 7 heteroatoms. The fourth-order valence-corrected chi connectivity index (χ4v) is 3.85. The Morgan fingerprint density at radius 3 is 2.44 bits per heavy atom. The first-order valence-electron chi connectivity index (χ1n) is 10.1. The van der Waals surface area contributed by atoms with Crippen molar-refractivity contribution in [1.82, 2.24) is 14.8 Å². The molecule has 2 aromatic heterocycles. The van der Waals surface area contributed by atoms with Gasteiger partial charge in [0, 0.05) is 29.2 Å². The van der Waals surface area contributed by atoms with E-state index < -0.39 is 17.8 Å². The summed E-state index contributed by atoms with van der Waals surface area (Å²) in [4.78, 5) is 38.8. The molecule has 0 unspecified atom stereocenters. The van der Waals surface area contributed by atoms with E-state index in [2.05, 4.69) is 9.88 Å². The molecule has 0 spiro atoms. The molecule has 0 saturated carbocycles. The Kier molecular flexibility index (Phi) is 4.91. The van der Waals surface area contributed by atoms with Gasteiger partial charge in [-0.3, -0.25) is 19.8 Å². The number of carbonyl (C=O) groups is 3. The molecule has 158 valence electrons. The van der Waals surface area contributed by atoms with Gasteiger partial charge >= 0.3 is 6.03 Å². The van der Waals surface area contributed by atoms with Gasteiger partial charge in [-0.1, -0.05) is 48.5 Å². The van der Waals surface area contributed by atoms with Crippen molar-refractivity contribution in [1.29, 1.82) is 0 Å². The molecule has 2 aromatic carbocycles. The lowest BCUT2D eigenvalue weighted by molar-refractivity contribution is -0.130. The van der Waals surface area contributed by atoms with Crippen molar-refractivity contribution in [2.75, 3.05) is 0 Å². The van der Waals surface area contributed by atoms with Crippen LogP contribution < -0.4 is 5.32 Å². The Balaban J connectivity index is 1.53. The van der Waals surface area contributed by atoms with E-state index in [-0.39, 0.29) is 12.1 Å². The molecule has 0 aliphatic carbocycles. The smallest absolute Gasteiger partial charge is 0.331 e. The van der Waals surface area contributed by atoms with Gasteiger partial charge in [0.15, 0.2) is 0 Å². The third-order valence-electron chi connectivity index (χ3n) is 5.39. The monoisotopic (exact) mass is 425 g/mol. The standard InChI is InChI=1S/C25H19N3O4/c29-23-21(24(30)28(25(31)26-23)16-19-9-6-12-32-19)13-18-15-27(14-17-7-2-1-3-8-17)22-11-5-4-10-20(18)22/h1-13,15H,14,16H2,(H,26,29,31)/b21-13-. The number of para-hydroxylation sites is 1. The molecule has 1 aliphatic heterocycles. The molecule has 0 atom stereocenters. The van der Waals surface area contributed by atoms with Gasteiger partial charge in [0.05, 0.1) is 12.8 Å². The second kappa shape index (κ2) is 8.03. The van der Waals surface area contributed by atoms with Crippen molar-refractivity contribution in [2.24, 2.45) is 0 Å². The zero-order valence-corrected chi connectivity index (χ0v) is 17.0. The van der Waals surface area contributed by atoms with Crippen LogP contribution in [-0.4, -0.2) is 27.3 Å². The van der Waals surface area contributed by atoms with E-state index in [4.69, 9.17) is 4.42 Å². The molecule has 32 heavy (non-hydrogen) atoms. The molecule has 1 N–H and O–H groups in total. The third-order valence-corrected chi connectivity index (χ3v) is 5.39. The fourth-order valence-electron chi connectivity index (χ4n) is 3.85. The molecule has 4 amide bonds. The Morgan fingerprint density at radius 1 is 0.875 bits per heavy atom. The van der Waals surface area contributed by atoms with Crippen molar-refractivity contribution >= 4 is 34.8 Å². The summed E-state index contributed by atoms with van der Waals surface area (Å²) >= 11 is 0. The van der Waals surface area contributed by atoms with E-state index >= 15 is 0 Å².